The monoisotopic (exact) mass is 437 g/mol. The maximum Gasteiger partial charge on any atom is 0.254 e. The number of ether oxygens (including phenoxy) is 2. The van der Waals surface area contributed by atoms with Crippen LogP contribution in [-0.4, -0.2) is 43.1 Å². The van der Waals surface area contributed by atoms with Crippen LogP contribution in [0, 0.1) is 11.7 Å². The average molecular weight is 438 g/mol. The fourth-order valence-corrected chi connectivity index (χ4v) is 3.71. The molecule has 2 aliphatic rings. The van der Waals surface area contributed by atoms with Crippen LogP contribution in [0.1, 0.15) is 44.1 Å². The Labute approximate surface area is 174 Å². The average Bonchev–Trinajstić information content (AvgIpc) is 3.23. The molecular weight excluding hydrogens is 411 g/mol. The van der Waals surface area contributed by atoms with E-state index in [4.69, 9.17) is 9.47 Å². The van der Waals surface area contributed by atoms with Crippen molar-refractivity contribution < 1.29 is 27.4 Å². The highest BCUT2D eigenvalue weighted by Gasteiger charge is 2.29. The van der Waals surface area contributed by atoms with Gasteiger partial charge in [0, 0.05) is 18.0 Å². The van der Waals surface area contributed by atoms with E-state index in [1.54, 1.807) is 0 Å². The lowest BCUT2D eigenvalue weighted by Gasteiger charge is -2.28. The van der Waals surface area contributed by atoms with Crippen LogP contribution in [0.15, 0.2) is 6.07 Å². The van der Waals surface area contributed by atoms with Crippen LogP contribution in [0.5, 0.6) is 11.8 Å². The third-order valence-corrected chi connectivity index (χ3v) is 5.36. The van der Waals surface area contributed by atoms with Gasteiger partial charge in [-0.2, -0.15) is 4.98 Å². The second kappa shape index (κ2) is 10.9. The fourth-order valence-electron chi connectivity index (χ4n) is 3.71. The van der Waals surface area contributed by atoms with Crippen LogP contribution < -0.4 is 20.1 Å². The van der Waals surface area contributed by atoms with E-state index in [9.17, 15) is 18.0 Å². The number of halogens is 4. The van der Waals surface area contributed by atoms with Gasteiger partial charge in [0.05, 0.1) is 13.2 Å². The first-order chi connectivity index (χ1) is 13.5. The molecular formula is C19H27ClF3N3O3. The number of hydrogen-bond donors (Lipinski definition) is 2. The number of carbonyl (C=O) groups excluding carboxylic acids is 1. The fraction of sp³-hybridized carbons (Fsp3) is 0.684. The van der Waals surface area contributed by atoms with Gasteiger partial charge in [0.1, 0.15) is 6.10 Å². The normalized spacial score (nSPS) is 24.1. The minimum atomic E-state index is -2.33. The van der Waals surface area contributed by atoms with Crippen LogP contribution in [0.25, 0.3) is 0 Å². The first-order valence-electron chi connectivity index (χ1n) is 9.67. The molecule has 6 nitrogen and oxygen atoms in total. The molecule has 0 spiro atoms. The SMILES string of the molecule is COc1nc(OC2CCC(C(F)F)CC2)c(F)cc1CNC(=O)C1CCCN1.Cl. The van der Waals surface area contributed by atoms with E-state index in [0.717, 1.165) is 19.4 Å². The molecule has 2 N–H and O–H groups in total. The number of hydrogen-bond acceptors (Lipinski definition) is 5. The standard InChI is InChI=1S/C19H26F3N3O3.ClH/c1-27-18-12(10-24-17(26)15-3-2-8-23-15)9-14(20)19(25-18)28-13-6-4-11(5-7-13)16(21)22;/h9,11,13,15-16,23H,2-8,10H2,1H3,(H,24,26);1H. The molecule has 1 saturated heterocycles. The van der Waals surface area contributed by atoms with E-state index in [0.29, 0.717) is 31.2 Å². The molecule has 1 aromatic rings. The van der Waals surface area contributed by atoms with E-state index in [-0.39, 0.29) is 48.8 Å². The molecule has 1 aliphatic heterocycles. The van der Waals surface area contributed by atoms with Crippen LogP contribution in [-0.2, 0) is 11.3 Å². The van der Waals surface area contributed by atoms with Crippen molar-refractivity contribution in [1.29, 1.82) is 0 Å². The van der Waals surface area contributed by atoms with Crippen molar-refractivity contribution in [3.8, 4) is 11.8 Å². The molecule has 164 valence electrons. The molecule has 0 bridgehead atoms. The summed E-state index contributed by atoms with van der Waals surface area (Å²) >= 11 is 0. The molecule has 3 rings (SSSR count). The Bertz CT molecular complexity index is 682. The molecule has 0 radical (unpaired) electrons. The number of carbonyl (C=O) groups is 1. The molecule has 1 atom stereocenters. The molecule has 1 unspecified atom stereocenters. The van der Waals surface area contributed by atoms with Gasteiger partial charge in [-0.1, -0.05) is 0 Å². The van der Waals surface area contributed by atoms with Crippen molar-refractivity contribution in [2.24, 2.45) is 5.92 Å². The highest BCUT2D eigenvalue weighted by atomic mass is 35.5. The second-order valence-corrected chi connectivity index (χ2v) is 7.30. The van der Waals surface area contributed by atoms with Gasteiger partial charge in [-0.25, -0.2) is 13.2 Å². The number of methoxy groups -OCH3 is 1. The first-order valence-corrected chi connectivity index (χ1v) is 9.67. The highest BCUT2D eigenvalue weighted by Crippen LogP contribution is 2.32. The number of rotatable bonds is 7. The minimum absolute atomic E-state index is 0. The van der Waals surface area contributed by atoms with Gasteiger partial charge < -0.3 is 20.1 Å². The van der Waals surface area contributed by atoms with E-state index in [1.807, 2.05) is 0 Å². The van der Waals surface area contributed by atoms with E-state index < -0.39 is 18.2 Å². The van der Waals surface area contributed by atoms with Crippen molar-refractivity contribution in [1.82, 2.24) is 15.6 Å². The molecule has 2 heterocycles. The molecule has 1 amide bonds. The molecule has 2 fully saturated rings. The van der Waals surface area contributed by atoms with Crippen LogP contribution in [0.2, 0.25) is 0 Å². The van der Waals surface area contributed by atoms with Crippen molar-refractivity contribution in [2.75, 3.05) is 13.7 Å². The second-order valence-electron chi connectivity index (χ2n) is 7.30. The summed E-state index contributed by atoms with van der Waals surface area (Å²) in [6.45, 7) is 0.896. The zero-order chi connectivity index (χ0) is 20.1. The van der Waals surface area contributed by atoms with E-state index >= 15 is 0 Å². The minimum Gasteiger partial charge on any atom is -0.481 e. The Balaban J connectivity index is 0.00000300. The maximum atomic E-state index is 14.5. The Morgan fingerprint density at radius 3 is 2.59 bits per heavy atom. The summed E-state index contributed by atoms with van der Waals surface area (Å²) in [5.41, 5.74) is 0.403. The van der Waals surface area contributed by atoms with Crippen LogP contribution in [0.3, 0.4) is 0 Å². The zero-order valence-corrected chi connectivity index (χ0v) is 17.1. The van der Waals surface area contributed by atoms with Crippen LogP contribution >= 0.6 is 12.4 Å². The van der Waals surface area contributed by atoms with Gasteiger partial charge in [-0.3, -0.25) is 4.79 Å². The maximum absolute atomic E-state index is 14.5. The van der Waals surface area contributed by atoms with Gasteiger partial charge in [0.2, 0.25) is 18.2 Å². The Kier molecular flexibility index (Phi) is 8.82. The summed E-state index contributed by atoms with van der Waals surface area (Å²) in [4.78, 5) is 16.2. The molecule has 1 aromatic heterocycles. The van der Waals surface area contributed by atoms with Gasteiger partial charge in [0.25, 0.3) is 5.88 Å². The van der Waals surface area contributed by atoms with Crippen molar-refractivity contribution in [3.63, 3.8) is 0 Å². The molecule has 29 heavy (non-hydrogen) atoms. The first kappa shape index (κ1) is 23.5. The summed E-state index contributed by atoms with van der Waals surface area (Å²) in [6, 6.07) is 1.00. The third kappa shape index (κ3) is 6.12. The lowest BCUT2D eigenvalue weighted by Crippen LogP contribution is -2.40. The van der Waals surface area contributed by atoms with Crippen molar-refractivity contribution in [2.45, 2.75) is 63.6 Å². The summed E-state index contributed by atoms with van der Waals surface area (Å²) in [7, 11) is 1.40. The topological polar surface area (TPSA) is 72.5 Å². The van der Waals surface area contributed by atoms with Crippen LogP contribution in [0.4, 0.5) is 13.2 Å². The molecule has 10 heteroatoms. The highest BCUT2D eigenvalue weighted by molar-refractivity contribution is 5.85. The van der Waals surface area contributed by atoms with E-state index in [2.05, 4.69) is 15.6 Å². The molecule has 1 aliphatic carbocycles. The van der Waals surface area contributed by atoms with E-state index in [1.165, 1.54) is 13.2 Å². The van der Waals surface area contributed by atoms with Gasteiger partial charge in [-0.05, 0) is 51.1 Å². The summed E-state index contributed by atoms with van der Waals surface area (Å²) in [6.07, 6.45) is 0.611. The molecule has 0 aromatic carbocycles. The number of amides is 1. The quantitative estimate of drug-likeness (QED) is 0.685. The largest absolute Gasteiger partial charge is 0.481 e. The van der Waals surface area contributed by atoms with Crippen molar-refractivity contribution in [3.05, 3.63) is 17.4 Å². The third-order valence-electron chi connectivity index (χ3n) is 5.36. The van der Waals surface area contributed by atoms with Gasteiger partial charge in [-0.15, -0.1) is 12.4 Å². The zero-order valence-electron chi connectivity index (χ0n) is 16.3. The lowest BCUT2D eigenvalue weighted by atomic mass is 9.88. The Morgan fingerprint density at radius 2 is 2.00 bits per heavy atom. The number of nitrogens with one attached hydrogen (secondary N) is 2. The summed E-state index contributed by atoms with van der Waals surface area (Å²) in [5.74, 6) is -1.47. The predicted octanol–water partition coefficient (Wildman–Crippen LogP) is 3.22. The predicted molar refractivity (Wildman–Crippen MR) is 103 cm³/mol. The number of nitrogens with zero attached hydrogens (tertiary/aromatic N) is 1. The smallest absolute Gasteiger partial charge is 0.254 e. The lowest BCUT2D eigenvalue weighted by molar-refractivity contribution is -0.122. The van der Waals surface area contributed by atoms with Gasteiger partial charge >= 0.3 is 0 Å². The Morgan fingerprint density at radius 1 is 1.28 bits per heavy atom. The van der Waals surface area contributed by atoms with Crippen molar-refractivity contribution >= 4 is 18.3 Å². The summed E-state index contributed by atoms with van der Waals surface area (Å²) in [5, 5.41) is 5.86. The number of alkyl halides is 2. The number of pyridine rings is 1. The molecule has 1 saturated carbocycles. The van der Waals surface area contributed by atoms with Gasteiger partial charge in [0.15, 0.2) is 5.82 Å². The number of aromatic nitrogens is 1. The summed E-state index contributed by atoms with van der Waals surface area (Å²) < 4.78 is 50.8. The Hall–Kier alpha value is -1.74.